The summed E-state index contributed by atoms with van der Waals surface area (Å²) in [6.07, 6.45) is -0.564. The minimum Gasteiger partial charge on any atom is -0.372 e. The maximum Gasteiger partial charge on any atom is 0.276 e. The van der Waals surface area contributed by atoms with Crippen LogP contribution in [-0.2, 0) is 14.3 Å². The molecule has 0 aromatic heterocycles. The predicted molar refractivity (Wildman–Crippen MR) is 49.5 cm³/mol. The summed E-state index contributed by atoms with van der Waals surface area (Å²) in [6.45, 7) is 1.60. The van der Waals surface area contributed by atoms with Crippen LogP contribution in [-0.4, -0.2) is 35.9 Å². The van der Waals surface area contributed by atoms with Crippen molar-refractivity contribution in [2.45, 2.75) is 13.0 Å². The molecule has 0 aliphatic carbocycles. The maximum atomic E-state index is 11.2. The number of amidine groups is 1. The lowest BCUT2D eigenvalue weighted by Gasteiger charge is -2.03. The summed E-state index contributed by atoms with van der Waals surface area (Å²) in [7, 11) is 1.43. The van der Waals surface area contributed by atoms with Gasteiger partial charge in [0.15, 0.2) is 5.17 Å². The van der Waals surface area contributed by atoms with E-state index in [-0.39, 0.29) is 11.8 Å². The molecular formula is C7H10N2O3S. The van der Waals surface area contributed by atoms with Gasteiger partial charge in [0.05, 0.1) is 5.75 Å². The number of hydrogen-bond acceptors (Lipinski definition) is 4. The topological polar surface area (TPSA) is 67.8 Å². The molecule has 0 aromatic rings. The standard InChI is InChI=1S/C7H10N2O3S/c1-4(12-2)6(11)9-7-8-5(10)3-13-7/h4H,3H2,1-2H3,(H,8,9,10,11). The molecular weight excluding hydrogens is 192 g/mol. The minimum atomic E-state index is -0.564. The maximum absolute atomic E-state index is 11.2. The van der Waals surface area contributed by atoms with Crippen molar-refractivity contribution in [1.82, 2.24) is 5.32 Å². The number of hydrogen-bond donors (Lipinski definition) is 1. The number of thioether (sulfide) groups is 1. The first kappa shape index (κ1) is 10.2. The fourth-order valence-corrected chi connectivity index (χ4v) is 1.36. The van der Waals surface area contributed by atoms with Crippen LogP contribution in [0, 0.1) is 0 Å². The van der Waals surface area contributed by atoms with E-state index >= 15 is 0 Å². The van der Waals surface area contributed by atoms with Gasteiger partial charge in [-0.3, -0.25) is 9.59 Å². The first-order valence-electron chi connectivity index (χ1n) is 3.71. The summed E-state index contributed by atoms with van der Waals surface area (Å²) in [4.78, 5) is 25.6. The highest BCUT2D eigenvalue weighted by atomic mass is 32.2. The monoisotopic (exact) mass is 202 g/mol. The highest BCUT2D eigenvalue weighted by molar-refractivity contribution is 8.15. The average molecular weight is 202 g/mol. The van der Waals surface area contributed by atoms with Crippen molar-refractivity contribution < 1.29 is 14.3 Å². The largest absolute Gasteiger partial charge is 0.372 e. The van der Waals surface area contributed by atoms with Crippen molar-refractivity contribution in [3.63, 3.8) is 0 Å². The molecule has 1 unspecified atom stereocenters. The van der Waals surface area contributed by atoms with Crippen LogP contribution in [0.15, 0.2) is 4.99 Å². The van der Waals surface area contributed by atoms with Crippen molar-refractivity contribution in [2.75, 3.05) is 12.9 Å². The van der Waals surface area contributed by atoms with Gasteiger partial charge in [-0.15, -0.1) is 0 Å². The number of ether oxygens (including phenoxy) is 1. The number of nitrogens with zero attached hydrogens (tertiary/aromatic N) is 1. The normalized spacial score (nSPS) is 21.7. The molecule has 1 heterocycles. The summed E-state index contributed by atoms with van der Waals surface area (Å²) in [5.41, 5.74) is 0. The molecule has 6 heteroatoms. The third kappa shape index (κ3) is 2.82. The molecule has 0 radical (unpaired) electrons. The molecule has 1 aliphatic heterocycles. The first-order valence-corrected chi connectivity index (χ1v) is 4.70. The number of nitrogens with one attached hydrogen (secondary N) is 1. The van der Waals surface area contributed by atoms with Gasteiger partial charge in [-0.2, -0.15) is 4.99 Å². The fraction of sp³-hybridized carbons (Fsp3) is 0.571. The Labute approximate surface area is 79.9 Å². The van der Waals surface area contributed by atoms with Crippen molar-refractivity contribution in [3.05, 3.63) is 0 Å². The molecule has 0 saturated carbocycles. The van der Waals surface area contributed by atoms with Gasteiger partial charge >= 0.3 is 0 Å². The Morgan fingerprint density at radius 2 is 2.46 bits per heavy atom. The van der Waals surface area contributed by atoms with Gasteiger partial charge in [0, 0.05) is 7.11 Å². The van der Waals surface area contributed by atoms with E-state index in [1.165, 1.54) is 18.9 Å². The molecule has 5 nitrogen and oxygen atoms in total. The Hall–Kier alpha value is -0.880. The second-order valence-electron chi connectivity index (χ2n) is 2.47. The van der Waals surface area contributed by atoms with E-state index in [9.17, 15) is 9.59 Å². The Morgan fingerprint density at radius 1 is 1.77 bits per heavy atom. The molecule has 2 amide bonds. The van der Waals surface area contributed by atoms with Crippen LogP contribution in [0.5, 0.6) is 0 Å². The number of carbonyl (C=O) groups excluding carboxylic acids is 2. The van der Waals surface area contributed by atoms with Crippen molar-refractivity contribution in [2.24, 2.45) is 4.99 Å². The molecule has 1 saturated heterocycles. The van der Waals surface area contributed by atoms with E-state index in [1.54, 1.807) is 6.92 Å². The van der Waals surface area contributed by atoms with Crippen molar-refractivity contribution >= 4 is 28.7 Å². The van der Waals surface area contributed by atoms with E-state index in [2.05, 4.69) is 10.3 Å². The van der Waals surface area contributed by atoms with Gasteiger partial charge in [-0.25, -0.2) is 0 Å². The smallest absolute Gasteiger partial charge is 0.276 e. The zero-order valence-corrected chi connectivity index (χ0v) is 8.18. The molecule has 0 spiro atoms. The molecule has 1 N–H and O–H groups in total. The number of rotatable bonds is 2. The van der Waals surface area contributed by atoms with Crippen molar-refractivity contribution in [1.29, 1.82) is 0 Å². The summed E-state index contributed by atoms with van der Waals surface area (Å²) in [6, 6.07) is 0. The Kier molecular flexibility index (Phi) is 3.44. The third-order valence-corrected chi connectivity index (χ3v) is 2.37. The zero-order chi connectivity index (χ0) is 9.84. The molecule has 72 valence electrons. The van der Waals surface area contributed by atoms with Gasteiger partial charge < -0.3 is 10.1 Å². The lowest BCUT2D eigenvalue weighted by Crippen LogP contribution is -2.24. The van der Waals surface area contributed by atoms with Crippen LogP contribution in [0.1, 0.15) is 6.92 Å². The molecule has 13 heavy (non-hydrogen) atoms. The predicted octanol–water partition coefficient (Wildman–Crippen LogP) is -0.233. The van der Waals surface area contributed by atoms with E-state index in [0.29, 0.717) is 10.9 Å². The van der Waals surface area contributed by atoms with Crippen LogP contribution < -0.4 is 5.32 Å². The average Bonchev–Trinajstić information content (AvgIpc) is 2.49. The lowest BCUT2D eigenvalue weighted by molar-refractivity contribution is -0.126. The number of methoxy groups -OCH3 is 1. The minimum absolute atomic E-state index is 0.124. The number of aliphatic imine (C=N–C) groups is 1. The van der Waals surface area contributed by atoms with Gasteiger partial charge in [0.1, 0.15) is 6.10 Å². The summed E-state index contributed by atoms with van der Waals surface area (Å²) >= 11 is 1.22. The molecule has 1 aliphatic rings. The lowest BCUT2D eigenvalue weighted by atomic mass is 10.4. The first-order chi connectivity index (χ1) is 6.13. The third-order valence-electron chi connectivity index (χ3n) is 1.50. The number of carbonyl (C=O) groups is 2. The SMILES string of the molecule is COC(C)C(=O)N=C1NC(=O)CS1. The van der Waals surface area contributed by atoms with Crippen LogP contribution in [0.2, 0.25) is 0 Å². The molecule has 1 fully saturated rings. The molecule has 0 aromatic carbocycles. The molecule has 1 rings (SSSR count). The molecule has 0 bridgehead atoms. The zero-order valence-electron chi connectivity index (χ0n) is 7.36. The molecule has 1 atom stereocenters. The van der Waals surface area contributed by atoms with Gasteiger partial charge in [0.25, 0.3) is 5.91 Å². The van der Waals surface area contributed by atoms with E-state index in [4.69, 9.17) is 4.74 Å². The summed E-state index contributed by atoms with van der Waals surface area (Å²) < 4.78 is 4.77. The second-order valence-corrected chi connectivity index (χ2v) is 3.43. The van der Waals surface area contributed by atoms with E-state index in [0.717, 1.165) is 0 Å². The Bertz CT molecular complexity index is 264. The van der Waals surface area contributed by atoms with E-state index in [1.807, 2.05) is 0 Å². The number of amides is 2. The van der Waals surface area contributed by atoms with Gasteiger partial charge in [0.2, 0.25) is 5.91 Å². The summed E-state index contributed by atoms with van der Waals surface area (Å²) in [5, 5.41) is 2.82. The highest BCUT2D eigenvalue weighted by Crippen LogP contribution is 2.09. The second kappa shape index (κ2) is 4.38. The van der Waals surface area contributed by atoms with Gasteiger partial charge in [-0.1, -0.05) is 11.8 Å². The Balaban J connectivity index is 2.56. The van der Waals surface area contributed by atoms with Crippen LogP contribution in [0.25, 0.3) is 0 Å². The fourth-order valence-electron chi connectivity index (χ4n) is 0.677. The van der Waals surface area contributed by atoms with Crippen LogP contribution in [0.4, 0.5) is 0 Å². The van der Waals surface area contributed by atoms with Gasteiger partial charge in [-0.05, 0) is 6.92 Å². The van der Waals surface area contributed by atoms with Crippen LogP contribution in [0.3, 0.4) is 0 Å². The van der Waals surface area contributed by atoms with E-state index < -0.39 is 6.10 Å². The van der Waals surface area contributed by atoms with Crippen molar-refractivity contribution in [3.8, 4) is 0 Å². The van der Waals surface area contributed by atoms with Crippen LogP contribution >= 0.6 is 11.8 Å². The quantitative estimate of drug-likeness (QED) is 0.671. The Morgan fingerprint density at radius 3 is 2.92 bits per heavy atom. The highest BCUT2D eigenvalue weighted by Gasteiger charge is 2.19. The summed E-state index contributed by atoms with van der Waals surface area (Å²) in [5.74, 6) is -0.179.